The zero-order chi connectivity index (χ0) is 9.14. The molecular formula is C7H8ClN3O. The van der Waals surface area contributed by atoms with Gasteiger partial charge in [0, 0.05) is 6.20 Å². The molecule has 5 heteroatoms. The molecular weight excluding hydrogens is 178 g/mol. The third kappa shape index (κ3) is 1.72. The molecule has 0 spiro atoms. The Labute approximate surface area is 74.7 Å². The Morgan fingerprint density at radius 2 is 2.42 bits per heavy atom. The van der Waals surface area contributed by atoms with Crippen LogP contribution in [0.25, 0.3) is 0 Å². The summed E-state index contributed by atoms with van der Waals surface area (Å²) in [5, 5.41) is 0.416. The minimum absolute atomic E-state index is 0.387. The number of hydrogen-bond acceptors (Lipinski definition) is 3. The van der Waals surface area contributed by atoms with Crippen LogP contribution in [0.5, 0.6) is 0 Å². The lowest BCUT2D eigenvalue weighted by atomic mass is 10.2. The van der Waals surface area contributed by atoms with E-state index in [0.29, 0.717) is 16.3 Å². The monoisotopic (exact) mass is 185 g/mol. The normalized spacial score (nSPS) is 9.58. The minimum atomic E-state index is -0.387. The molecule has 0 bridgehead atoms. The first kappa shape index (κ1) is 8.96. The number of nitrogens with one attached hydrogen (secondary N) is 1. The molecule has 3 N–H and O–H groups in total. The molecule has 0 saturated carbocycles. The molecule has 0 fully saturated rings. The lowest BCUT2D eigenvalue weighted by Gasteiger charge is -2.02. The number of hydrogen-bond donors (Lipinski definition) is 2. The summed E-state index contributed by atoms with van der Waals surface area (Å²) in [6, 6.07) is 1.52. The maximum absolute atomic E-state index is 11.1. The number of carbonyl (C=O) groups excluding carboxylic acids is 1. The molecule has 0 unspecified atom stereocenters. The van der Waals surface area contributed by atoms with E-state index in [2.05, 4.69) is 4.98 Å². The van der Waals surface area contributed by atoms with Crippen LogP contribution in [0.1, 0.15) is 16.1 Å². The fraction of sp³-hybridized carbons (Fsp3) is 0.143. The summed E-state index contributed by atoms with van der Waals surface area (Å²) >= 11 is 5.63. The van der Waals surface area contributed by atoms with Crippen LogP contribution in [-0.2, 0) is 0 Å². The number of nitrogen functional groups attached to an aromatic ring is 1. The molecule has 1 amide bonds. The first-order chi connectivity index (χ1) is 5.65. The van der Waals surface area contributed by atoms with Gasteiger partial charge in [-0.05, 0) is 13.0 Å². The number of amides is 1. The van der Waals surface area contributed by atoms with Crippen molar-refractivity contribution in [2.75, 3.05) is 0 Å². The van der Waals surface area contributed by atoms with Gasteiger partial charge >= 0.3 is 0 Å². The minimum Gasteiger partial charge on any atom is -0.290 e. The molecule has 0 aliphatic rings. The molecule has 1 aromatic rings. The SMILES string of the molecule is Cc1ncc(Cl)cc1C(=O)NN. The van der Waals surface area contributed by atoms with Gasteiger partial charge in [-0.2, -0.15) is 0 Å². The standard InChI is InChI=1S/C7H8ClN3O/c1-4-6(7(12)11-9)2-5(8)3-10-4/h2-3H,9H2,1H3,(H,11,12). The lowest BCUT2D eigenvalue weighted by Crippen LogP contribution is -2.30. The summed E-state index contributed by atoms with van der Waals surface area (Å²) in [6.07, 6.45) is 1.48. The molecule has 0 aliphatic heterocycles. The topological polar surface area (TPSA) is 68.0 Å². The van der Waals surface area contributed by atoms with E-state index in [1.54, 1.807) is 6.92 Å². The fourth-order valence-electron chi connectivity index (χ4n) is 0.815. The second-order valence-electron chi connectivity index (χ2n) is 2.26. The number of hydrazine groups is 1. The van der Waals surface area contributed by atoms with Gasteiger partial charge in [0.05, 0.1) is 16.3 Å². The number of pyridine rings is 1. The van der Waals surface area contributed by atoms with Crippen LogP contribution in [-0.4, -0.2) is 10.9 Å². The van der Waals surface area contributed by atoms with Crippen LogP contribution in [0.4, 0.5) is 0 Å². The van der Waals surface area contributed by atoms with Crippen LogP contribution in [0.3, 0.4) is 0 Å². The molecule has 4 nitrogen and oxygen atoms in total. The van der Waals surface area contributed by atoms with Gasteiger partial charge in [0.15, 0.2) is 0 Å². The van der Waals surface area contributed by atoms with Gasteiger partial charge < -0.3 is 0 Å². The Morgan fingerprint density at radius 1 is 1.75 bits per heavy atom. The summed E-state index contributed by atoms with van der Waals surface area (Å²) in [7, 11) is 0. The number of carbonyl (C=O) groups is 1. The second kappa shape index (κ2) is 3.51. The van der Waals surface area contributed by atoms with Crippen LogP contribution >= 0.6 is 11.6 Å². The first-order valence-corrected chi connectivity index (χ1v) is 3.66. The van der Waals surface area contributed by atoms with E-state index in [1.165, 1.54) is 12.3 Å². The Morgan fingerprint density at radius 3 is 3.00 bits per heavy atom. The van der Waals surface area contributed by atoms with Crippen molar-refractivity contribution in [2.45, 2.75) is 6.92 Å². The largest absolute Gasteiger partial charge is 0.290 e. The summed E-state index contributed by atoms with van der Waals surface area (Å²) in [5.41, 5.74) is 3.00. The van der Waals surface area contributed by atoms with Crippen LogP contribution in [0, 0.1) is 6.92 Å². The van der Waals surface area contributed by atoms with Crippen LogP contribution in [0.2, 0.25) is 5.02 Å². The quantitative estimate of drug-likeness (QED) is 0.384. The molecule has 0 saturated heterocycles. The highest BCUT2D eigenvalue weighted by Gasteiger charge is 2.08. The first-order valence-electron chi connectivity index (χ1n) is 3.28. The van der Waals surface area contributed by atoms with Gasteiger partial charge in [0.1, 0.15) is 0 Å². The van der Waals surface area contributed by atoms with Crippen LogP contribution < -0.4 is 11.3 Å². The Bertz CT molecular complexity index is 314. The van der Waals surface area contributed by atoms with E-state index in [-0.39, 0.29) is 5.91 Å². The predicted molar refractivity (Wildman–Crippen MR) is 45.6 cm³/mol. The fourth-order valence-corrected chi connectivity index (χ4v) is 0.973. The molecule has 1 rings (SSSR count). The van der Waals surface area contributed by atoms with Crippen LogP contribution in [0.15, 0.2) is 12.3 Å². The molecule has 1 heterocycles. The van der Waals surface area contributed by atoms with E-state index < -0.39 is 0 Å². The molecule has 0 radical (unpaired) electrons. The molecule has 0 aromatic carbocycles. The Hall–Kier alpha value is -1.13. The Balaban J connectivity index is 3.13. The third-order valence-electron chi connectivity index (χ3n) is 1.43. The number of aromatic nitrogens is 1. The summed E-state index contributed by atoms with van der Waals surface area (Å²) in [6.45, 7) is 1.71. The van der Waals surface area contributed by atoms with Gasteiger partial charge in [-0.15, -0.1) is 0 Å². The average molecular weight is 186 g/mol. The highest BCUT2D eigenvalue weighted by molar-refractivity contribution is 6.30. The highest BCUT2D eigenvalue weighted by Crippen LogP contribution is 2.11. The molecule has 0 aliphatic carbocycles. The van der Waals surface area contributed by atoms with E-state index in [4.69, 9.17) is 17.4 Å². The molecule has 0 atom stereocenters. The number of rotatable bonds is 1. The van der Waals surface area contributed by atoms with Crippen molar-refractivity contribution in [1.82, 2.24) is 10.4 Å². The van der Waals surface area contributed by atoms with Gasteiger partial charge in [-0.25, -0.2) is 5.84 Å². The highest BCUT2D eigenvalue weighted by atomic mass is 35.5. The van der Waals surface area contributed by atoms with E-state index in [9.17, 15) is 4.79 Å². The summed E-state index contributed by atoms with van der Waals surface area (Å²) < 4.78 is 0. The molecule has 12 heavy (non-hydrogen) atoms. The smallest absolute Gasteiger partial charge is 0.267 e. The number of nitrogens with zero attached hydrogens (tertiary/aromatic N) is 1. The van der Waals surface area contributed by atoms with Crippen molar-refractivity contribution in [1.29, 1.82) is 0 Å². The lowest BCUT2D eigenvalue weighted by molar-refractivity contribution is 0.0952. The summed E-state index contributed by atoms with van der Waals surface area (Å²) in [5.74, 6) is 4.57. The van der Waals surface area contributed by atoms with E-state index in [0.717, 1.165) is 0 Å². The maximum atomic E-state index is 11.1. The molecule has 64 valence electrons. The molecule has 1 aromatic heterocycles. The predicted octanol–water partition coefficient (Wildman–Crippen LogP) is 0.647. The third-order valence-corrected chi connectivity index (χ3v) is 1.64. The Kier molecular flexibility index (Phi) is 2.62. The van der Waals surface area contributed by atoms with Crippen molar-refractivity contribution >= 4 is 17.5 Å². The van der Waals surface area contributed by atoms with Gasteiger partial charge in [0.2, 0.25) is 0 Å². The average Bonchev–Trinajstić information content (AvgIpc) is 2.08. The van der Waals surface area contributed by atoms with Crippen molar-refractivity contribution in [3.05, 3.63) is 28.5 Å². The van der Waals surface area contributed by atoms with Crippen molar-refractivity contribution in [3.8, 4) is 0 Å². The second-order valence-corrected chi connectivity index (χ2v) is 2.70. The van der Waals surface area contributed by atoms with Gasteiger partial charge in [-0.3, -0.25) is 15.2 Å². The van der Waals surface area contributed by atoms with E-state index in [1.807, 2.05) is 5.43 Å². The maximum Gasteiger partial charge on any atom is 0.267 e. The zero-order valence-electron chi connectivity index (χ0n) is 6.47. The number of halogens is 1. The zero-order valence-corrected chi connectivity index (χ0v) is 7.22. The summed E-state index contributed by atoms with van der Waals surface area (Å²) in [4.78, 5) is 15.0. The van der Waals surface area contributed by atoms with Gasteiger partial charge in [0.25, 0.3) is 5.91 Å². The number of aryl methyl sites for hydroxylation is 1. The van der Waals surface area contributed by atoms with Gasteiger partial charge in [-0.1, -0.05) is 11.6 Å². The number of nitrogens with two attached hydrogens (primary N) is 1. The van der Waals surface area contributed by atoms with Crippen molar-refractivity contribution in [2.24, 2.45) is 5.84 Å². The van der Waals surface area contributed by atoms with E-state index >= 15 is 0 Å². The van der Waals surface area contributed by atoms with Crippen molar-refractivity contribution < 1.29 is 4.79 Å². The van der Waals surface area contributed by atoms with Crippen molar-refractivity contribution in [3.63, 3.8) is 0 Å².